The van der Waals surface area contributed by atoms with Gasteiger partial charge in [0.15, 0.2) is 6.61 Å². The third kappa shape index (κ3) is 4.82. The SMILES string of the molecule is CCOc1ccc(NC(=O)COc2ccccc2I)c([N+](=O)[O-])c1. The van der Waals surface area contributed by atoms with E-state index >= 15 is 0 Å². The Labute approximate surface area is 152 Å². The van der Waals surface area contributed by atoms with Crippen molar-refractivity contribution < 1.29 is 19.2 Å². The van der Waals surface area contributed by atoms with Gasteiger partial charge >= 0.3 is 0 Å². The van der Waals surface area contributed by atoms with E-state index in [9.17, 15) is 14.9 Å². The molecule has 2 aromatic carbocycles. The van der Waals surface area contributed by atoms with Gasteiger partial charge in [0.2, 0.25) is 0 Å². The number of halogens is 1. The van der Waals surface area contributed by atoms with Crippen LogP contribution in [-0.4, -0.2) is 24.0 Å². The second-order valence-electron chi connectivity index (χ2n) is 4.64. The molecule has 0 saturated carbocycles. The molecule has 24 heavy (non-hydrogen) atoms. The lowest BCUT2D eigenvalue weighted by atomic mass is 10.2. The summed E-state index contributed by atoms with van der Waals surface area (Å²) in [5.41, 5.74) is -0.136. The molecular weight excluding hydrogens is 427 g/mol. The molecule has 0 fully saturated rings. The average Bonchev–Trinajstić information content (AvgIpc) is 2.55. The first-order valence-electron chi connectivity index (χ1n) is 7.09. The van der Waals surface area contributed by atoms with Gasteiger partial charge in [-0.15, -0.1) is 0 Å². The summed E-state index contributed by atoms with van der Waals surface area (Å²) in [6, 6.07) is 11.5. The molecule has 8 heteroatoms. The van der Waals surface area contributed by atoms with Crippen LogP contribution in [0.1, 0.15) is 6.92 Å². The number of carbonyl (C=O) groups is 1. The number of nitrogens with one attached hydrogen (secondary N) is 1. The number of anilines is 1. The maximum absolute atomic E-state index is 12.0. The first-order valence-corrected chi connectivity index (χ1v) is 8.17. The van der Waals surface area contributed by atoms with Crippen LogP contribution in [0, 0.1) is 13.7 Å². The van der Waals surface area contributed by atoms with Crippen molar-refractivity contribution in [3.05, 3.63) is 56.1 Å². The highest BCUT2D eigenvalue weighted by molar-refractivity contribution is 14.1. The molecule has 0 unspecified atom stereocenters. The highest BCUT2D eigenvalue weighted by Crippen LogP contribution is 2.29. The van der Waals surface area contributed by atoms with E-state index in [2.05, 4.69) is 27.9 Å². The van der Waals surface area contributed by atoms with E-state index < -0.39 is 10.8 Å². The minimum atomic E-state index is -0.570. The highest BCUT2D eigenvalue weighted by Gasteiger charge is 2.17. The number of nitrogens with zero attached hydrogens (tertiary/aromatic N) is 1. The zero-order chi connectivity index (χ0) is 17.5. The van der Waals surface area contributed by atoms with Gasteiger partial charge in [-0.25, -0.2) is 0 Å². The number of nitro benzene ring substituents is 1. The van der Waals surface area contributed by atoms with E-state index in [-0.39, 0.29) is 18.0 Å². The van der Waals surface area contributed by atoms with E-state index in [1.165, 1.54) is 12.1 Å². The molecule has 126 valence electrons. The van der Waals surface area contributed by atoms with Gasteiger partial charge in [0.25, 0.3) is 11.6 Å². The molecule has 0 aromatic heterocycles. The van der Waals surface area contributed by atoms with Gasteiger partial charge in [-0.2, -0.15) is 0 Å². The number of amides is 1. The Kier molecular flexibility index (Phi) is 6.36. The maximum Gasteiger partial charge on any atom is 0.296 e. The number of carbonyl (C=O) groups excluding carboxylic acids is 1. The fourth-order valence-corrected chi connectivity index (χ4v) is 2.46. The Morgan fingerprint density at radius 1 is 1.25 bits per heavy atom. The van der Waals surface area contributed by atoms with E-state index in [0.29, 0.717) is 18.1 Å². The summed E-state index contributed by atoms with van der Waals surface area (Å²) in [6.07, 6.45) is 0. The Bertz CT molecular complexity index is 751. The van der Waals surface area contributed by atoms with Crippen LogP contribution in [0.2, 0.25) is 0 Å². The minimum Gasteiger partial charge on any atom is -0.494 e. The summed E-state index contributed by atoms with van der Waals surface area (Å²) >= 11 is 2.10. The number of ether oxygens (including phenoxy) is 2. The molecule has 0 radical (unpaired) electrons. The van der Waals surface area contributed by atoms with Crippen molar-refractivity contribution in [1.82, 2.24) is 0 Å². The molecule has 2 rings (SSSR count). The molecule has 0 aliphatic carbocycles. The molecule has 1 amide bonds. The van der Waals surface area contributed by atoms with Crippen LogP contribution in [0.15, 0.2) is 42.5 Å². The molecule has 0 aliphatic heterocycles. The van der Waals surface area contributed by atoms with Crippen molar-refractivity contribution in [3.63, 3.8) is 0 Å². The number of para-hydroxylation sites is 1. The van der Waals surface area contributed by atoms with E-state index in [1.807, 2.05) is 12.1 Å². The van der Waals surface area contributed by atoms with Gasteiger partial charge in [-0.3, -0.25) is 14.9 Å². The van der Waals surface area contributed by atoms with Gasteiger partial charge in [0.1, 0.15) is 17.2 Å². The number of rotatable bonds is 7. The van der Waals surface area contributed by atoms with Gasteiger partial charge in [0.05, 0.1) is 21.2 Å². The summed E-state index contributed by atoms with van der Waals surface area (Å²) in [7, 11) is 0. The standard InChI is InChI=1S/C16H15IN2O5/c1-2-23-11-7-8-13(14(9-11)19(21)22)18-16(20)10-24-15-6-4-3-5-12(15)17/h3-9H,2,10H2,1H3,(H,18,20). The highest BCUT2D eigenvalue weighted by atomic mass is 127. The first kappa shape index (κ1) is 18.0. The molecule has 2 aromatic rings. The summed E-state index contributed by atoms with van der Waals surface area (Å²) in [4.78, 5) is 22.6. The zero-order valence-corrected chi connectivity index (χ0v) is 15.0. The van der Waals surface area contributed by atoms with Gasteiger partial charge in [-0.1, -0.05) is 12.1 Å². The fourth-order valence-electron chi connectivity index (χ4n) is 1.92. The molecule has 0 bridgehead atoms. The molecule has 0 spiro atoms. The quantitative estimate of drug-likeness (QED) is 0.402. The smallest absolute Gasteiger partial charge is 0.296 e. The van der Waals surface area contributed by atoms with Gasteiger partial charge in [-0.05, 0) is 53.8 Å². The fraction of sp³-hybridized carbons (Fsp3) is 0.188. The summed E-state index contributed by atoms with van der Waals surface area (Å²) in [5, 5.41) is 13.6. The molecule has 7 nitrogen and oxygen atoms in total. The van der Waals surface area contributed by atoms with Crippen LogP contribution in [0.3, 0.4) is 0 Å². The molecule has 0 aliphatic rings. The first-order chi connectivity index (χ1) is 11.5. The monoisotopic (exact) mass is 442 g/mol. The third-order valence-corrected chi connectivity index (χ3v) is 3.84. The summed E-state index contributed by atoms with van der Waals surface area (Å²) in [5.74, 6) is 0.466. The topological polar surface area (TPSA) is 90.7 Å². The van der Waals surface area contributed by atoms with Crippen molar-refractivity contribution in [3.8, 4) is 11.5 Å². The van der Waals surface area contributed by atoms with E-state index in [1.54, 1.807) is 25.1 Å². The van der Waals surface area contributed by atoms with Gasteiger partial charge in [0, 0.05) is 0 Å². The summed E-state index contributed by atoms with van der Waals surface area (Å²) in [6.45, 7) is 1.93. The molecule has 1 N–H and O–H groups in total. The number of nitro groups is 1. The van der Waals surface area contributed by atoms with Crippen LogP contribution in [0.25, 0.3) is 0 Å². The van der Waals surface area contributed by atoms with Crippen molar-refractivity contribution in [2.75, 3.05) is 18.5 Å². The summed E-state index contributed by atoms with van der Waals surface area (Å²) < 4.78 is 11.5. The van der Waals surface area contributed by atoms with Crippen molar-refractivity contribution in [1.29, 1.82) is 0 Å². The van der Waals surface area contributed by atoms with Crippen LogP contribution in [-0.2, 0) is 4.79 Å². The number of benzene rings is 2. The third-order valence-electron chi connectivity index (χ3n) is 2.95. The molecule has 0 atom stereocenters. The van der Waals surface area contributed by atoms with Crippen molar-refractivity contribution in [2.24, 2.45) is 0 Å². The lowest BCUT2D eigenvalue weighted by Gasteiger charge is -2.10. The van der Waals surface area contributed by atoms with Crippen molar-refractivity contribution in [2.45, 2.75) is 6.92 Å². The average molecular weight is 442 g/mol. The van der Waals surface area contributed by atoms with E-state index in [0.717, 1.165) is 3.57 Å². The largest absolute Gasteiger partial charge is 0.494 e. The Balaban J connectivity index is 2.05. The molecule has 0 saturated heterocycles. The minimum absolute atomic E-state index is 0.0970. The van der Waals surface area contributed by atoms with Crippen LogP contribution >= 0.6 is 22.6 Å². The van der Waals surface area contributed by atoms with E-state index in [4.69, 9.17) is 9.47 Å². The zero-order valence-electron chi connectivity index (χ0n) is 12.8. The normalized spacial score (nSPS) is 10.1. The van der Waals surface area contributed by atoms with Crippen LogP contribution < -0.4 is 14.8 Å². The van der Waals surface area contributed by atoms with Gasteiger partial charge < -0.3 is 14.8 Å². The lowest BCUT2D eigenvalue weighted by Crippen LogP contribution is -2.21. The Morgan fingerprint density at radius 2 is 2.00 bits per heavy atom. The second-order valence-corrected chi connectivity index (χ2v) is 5.80. The second kappa shape index (κ2) is 8.48. The van der Waals surface area contributed by atoms with Crippen molar-refractivity contribution >= 4 is 39.9 Å². The Hall–Kier alpha value is -2.36. The lowest BCUT2D eigenvalue weighted by molar-refractivity contribution is -0.384. The maximum atomic E-state index is 12.0. The predicted molar refractivity (Wildman–Crippen MR) is 97.5 cm³/mol. The van der Waals surface area contributed by atoms with Crippen LogP contribution in [0.4, 0.5) is 11.4 Å². The molecular formula is C16H15IN2O5. The van der Waals surface area contributed by atoms with Crippen LogP contribution in [0.5, 0.6) is 11.5 Å². The number of hydrogen-bond donors (Lipinski definition) is 1. The predicted octanol–water partition coefficient (Wildman–Crippen LogP) is 3.62. The molecule has 0 heterocycles. The Morgan fingerprint density at radius 3 is 2.67 bits per heavy atom. The number of hydrogen-bond acceptors (Lipinski definition) is 5.